The lowest BCUT2D eigenvalue weighted by Gasteiger charge is -2.07. The van der Waals surface area contributed by atoms with E-state index in [2.05, 4.69) is 5.10 Å². The Bertz CT molecular complexity index is 708. The van der Waals surface area contributed by atoms with Gasteiger partial charge in [-0.15, -0.1) is 0 Å². The van der Waals surface area contributed by atoms with E-state index in [0.717, 1.165) is 18.3 Å². The Morgan fingerprint density at radius 2 is 1.80 bits per heavy atom. The molecular weight excluding hydrogens is 317 g/mol. The summed E-state index contributed by atoms with van der Waals surface area (Å²) in [5, 5.41) is 3.78. The monoisotopic (exact) mass is 324 g/mol. The molecule has 20 heavy (non-hydrogen) atoms. The summed E-state index contributed by atoms with van der Waals surface area (Å²) in [6.07, 6.45) is -2.10. The minimum Gasteiger partial charge on any atom is -0.267 e. The summed E-state index contributed by atoms with van der Waals surface area (Å²) >= 11 is 0. The largest absolute Gasteiger partial charge is 0.416 e. The van der Waals surface area contributed by atoms with E-state index >= 15 is 0 Å². The first kappa shape index (κ1) is 14.9. The van der Waals surface area contributed by atoms with Crippen LogP contribution in [0.1, 0.15) is 11.1 Å². The summed E-state index contributed by atoms with van der Waals surface area (Å²) in [5.74, 6) is 0. The zero-order valence-corrected chi connectivity index (χ0v) is 11.4. The molecule has 0 aliphatic rings. The summed E-state index contributed by atoms with van der Waals surface area (Å²) in [5.41, 5.74) is -0.189. The maximum Gasteiger partial charge on any atom is 0.416 e. The summed E-state index contributed by atoms with van der Waals surface area (Å²) in [4.78, 5) is -0.161. The van der Waals surface area contributed by atoms with Gasteiger partial charge in [-0.3, -0.25) is 4.68 Å². The van der Waals surface area contributed by atoms with Gasteiger partial charge in [0.25, 0.3) is 9.05 Å². The fourth-order valence-corrected chi connectivity index (χ4v) is 2.20. The Hall–Kier alpha value is -1.54. The van der Waals surface area contributed by atoms with Crippen LogP contribution in [0.15, 0.2) is 41.6 Å². The van der Waals surface area contributed by atoms with Crippen molar-refractivity contribution in [3.05, 3.63) is 47.8 Å². The molecule has 0 N–H and O–H groups in total. The van der Waals surface area contributed by atoms with Gasteiger partial charge in [-0.25, -0.2) is 8.42 Å². The van der Waals surface area contributed by atoms with Crippen molar-refractivity contribution in [2.24, 2.45) is 0 Å². The topological polar surface area (TPSA) is 52.0 Å². The molecule has 1 heterocycles. The van der Waals surface area contributed by atoms with Gasteiger partial charge in [0.1, 0.15) is 4.90 Å². The highest BCUT2D eigenvalue weighted by Crippen LogP contribution is 2.29. The van der Waals surface area contributed by atoms with Crippen LogP contribution in [-0.4, -0.2) is 18.2 Å². The van der Waals surface area contributed by atoms with E-state index in [9.17, 15) is 21.6 Å². The van der Waals surface area contributed by atoms with Crippen LogP contribution in [0.5, 0.6) is 0 Å². The first-order valence-electron chi connectivity index (χ1n) is 5.29. The number of benzene rings is 1. The van der Waals surface area contributed by atoms with E-state index in [4.69, 9.17) is 10.7 Å². The molecule has 9 heteroatoms. The molecule has 4 nitrogen and oxygen atoms in total. The number of alkyl halides is 3. The van der Waals surface area contributed by atoms with E-state index in [1.165, 1.54) is 23.0 Å². The van der Waals surface area contributed by atoms with Crippen LogP contribution < -0.4 is 0 Å². The average molecular weight is 325 g/mol. The molecule has 0 amide bonds. The van der Waals surface area contributed by atoms with Crippen LogP contribution >= 0.6 is 10.7 Å². The van der Waals surface area contributed by atoms with Gasteiger partial charge in [-0.05, 0) is 17.7 Å². The lowest BCUT2D eigenvalue weighted by atomic mass is 10.1. The molecule has 2 rings (SSSR count). The molecule has 0 saturated heterocycles. The van der Waals surface area contributed by atoms with E-state index in [1.54, 1.807) is 0 Å². The standard InChI is InChI=1S/C11H8ClF3N2O2S/c12-20(18,19)10-5-16-17(7-10)6-8-1-3-9(4-2-8)11(13,14)15/h1-5,7H,6H2. The smallest absolute Gasteiger partial charge is 0.267 e. The third kappa shape index (κ3) is 3.51. The third-order valence-corrected chi connectivity index (χ3v) is 3.83. The minimum atomic E-state index is -4.38. The molecule has 1 aromatic heterocycles. The second-order valence-corrected chi connectivity index (χ2v) is 6.57. The Morgan fingerprint density at radius 3 is 2.25 bits per heavy atom. The van der Waals surface area contributed by atoms with Crippen molar-refractivity contribution in [3.63, 3.8) is 0 Å². The van der Waals surface area contributed by atoms with Gasteiger partial charge >= 0.3 is 6.18 Å². The van der Waals surface area contributed by atoms with E-state index in [1.807, 2.05) is 0 Å². The van der Waals surface area contributed by atoms with Crippen molar-refractivity contribution in [1.29, 1.82) is 0 Å². The van der Waals surface area contributed by atoms with Crippen molar-refractivity contribution in [2.75, 3.05) is 0 Å². The number of halogens is 4. The molecule has 0 radical (unpaired) electrons. The number of hydrogen-bond acceptors (Lipinski definition) is 3. The predicted molar refractivity (Wildman–Crippen MR) is 65.8 cm³/mol. The summed E-state index contributed by atoms with van der Waals surface area (Å²) in [7, 11) is 1.28. The third-order valence-electron chi connectivity index (χ3n) is 2.52. The summed E-state index contributed by atoms with van der Waals surface area (Å²) in [6, 6.07) is 4.52. The first-order valence-corrected chi connectivity index (χ1v) is 7.60. The van der Waals surface area contributed by atoms with Gasteiger partial charge in [0.05, 0.1) is 18.3 Å². The number of rotatable bonds is 3. The average Bonchev–Trinajstić information content (AvgIpc) is 2.77. The van der Waals surface area contributed by atoms with Gasteiger partial charge in [-0.1, -0.05) is 12.1 Å². The predicted octanol–water partition coefficient (Wildman–Crippen LogP) is 2.88. The highest BCUT2D eigenvalue weighted by atomic mass is 35.7. The van der Waals surface area contributed by atoms with Gasteiger partial charge in [0.2, 0.25) is 0 Å². The highest BCUT2D eigenvalue weighted by molar-refractivity contribution is 8.13. The first-order chi connectivity index (χ1) is 9.16. The van der Waals surface area contributed by atoms with Crippen LogP contribution in [0.2, 0.25) is 0 Å². The van der Waals surface area contributed by atoms with E-state index in [-0.39, 0.29) is 11.4 Å². The van der Waals surface area contributed by atoms with Crippen LogP contribution in [0.25, 0.3) is 0 Å². The Labute approximate surface area is 117 Å². The number of nitrogens with zero attached hydrogens (tertiary/aromatic N) is 2. The molecule has 0 aliphatic heterocycles. The zero-order valence-electron chi connectivity index (χ0n) is 9.80. The normalized spacial score (nSPS) is 12.6. The second-order valence-electron chi connectivity index (χ2n) is 4.01. The molecule has 108 valence electrons. The summed E-state index contributed by atoms with van der Waals surface area (Å²) in [6.45, 7) is 0.143. The minimum absolute atomic E-state index is 0.143. The van der Waals surface area contributed by atoms with Gasteiger partial charge in [0.15, 0.2) is 0 Å². The quantitative estimate of drug-likeness (QED) is 0.816. The van der Waals surface area contributed by atoms with Crippen molar-refractivity contribution in [2.45, 2.75) is 17.6 Å². The van der Waals surface area contributed by atoms with Crippen molar-refractivity contribution < 1.29 is 21.6 Å². The molecule has 0 bridgehead atoms. The van der Waals surface area contributed by atoms with Gasteiger partial charge in [0, 0.05) is 16.9 Å². The molecule has 0 spiro atoms. The van der Waals surface area contributed by atoms with E-state index in [0.29, 0.717) is 5.56 Å². The lowest BCUT2D eigenvalue weighted by Crippen LogP contribution is -2.05. The lowest BCUT2D eigenvalue weighted by molar-refractivity contribution is -0.137. The molecular formula is C11H8ClF3N2O2S. The Morgan fingerprint density at radius 1 is 1.20 bits per heavy atom. The SMILES string of the molecule is O=S(=O)(Cl)c1cnn(Cc2ccc(C(F)(F)F)cc2)c1. The molecule has 2 aromatic rings. The highest BCUT2D eigenvalue weighted by Gasteiger charge is 2.29. The zero-order chi connectivity index (χ0) is 15.0. The second kappa shape index (κ2) is 5.10. The summed E-state index contributed by atoms with van der Waals surface area (Å²) < 4.78 is 60.5. The fourth-order valence-electron chi connectivity index (χ4n) is 1.54. The molecule has 0 unspecified atom stereocenters. The van der Waals surface area contributed by atoms with Crippen LogP contribution in [0.4, 0.5) is 13.2 Å². The number of hydrogen-bond donors (Lipinski definition) is 0. The molecule has 0 fully saturated rings. The molecule has 0 atom stereocenters. The van der Waals surface area contributed by atoms with Gasteiger partial charge in [-0.2, -0.15) is 18.3 Å². The van der Waals surface area contributed by atoms with E-state index < -0.39 is 20.8 Å². The molecule has 1 aromatic carbocycles. The van der Waals surface area contributed by atoms with Crippen molar-refractivity contribution in [3.8, 4) is 0 Å². The fraction of sp³-hybridized carbons (Fsp3) is 0.182. The molecule has 0 aliphatic carbocycles. The van der Waals surface area contributed by atoms with Crippen LogP contribution in [0.3, 0.4) is 0 Å². The molecule has 0 saturated carbocycles. The Kier molecular flexibility index (Phi) is 3.79. The van der Waals surface area contributed by atoms with Crippen molar-refractivity contribution >= 4 is 19.7 Å². The number of aromatic nitrogens is 2. The van der Waals surface area contributed by atoms with Crippen LogP contribution in [-0.2, 0) is 21.8 Å². The van der Waals surface area contributed by atoms with Crippen molar-refractivity contribution in [1.82, 2.24) is 9.78 Å². The maximum atomic E-state index is 12.4. The Balaban J connectivity index is 2.17. The van der Waals surface area contributed by atoms with Crippen LogP contribution in [0, 0.1) is 0 Å². The van der Waals surface area contributed by atoms with Gasteiger partial charge < -0.3 is 0 Å². The maximum absolute atomic E-state index is 12.4.